The SMILES string of the molecule is CS(=O)(=O)N[C@H]1CCN(C(=O)C2CC2)C1. The number of amides is 1. The minimum absolute atomic E-state index is 0.0947. The monoisotopic (exact) mass is 232 g/mol. The van der Waals surface area contributed by atoms with Gasteiger partial charge in [-0.2, -0.15) is 0 Å². The summed E-state index contributed by atoms with van der Waals surface area (Å²) in [5, 5.41) is 0. The van der Waals surface area contributed by atoms with Crippen molar-refractivity contribution in [2.24, 2.45) is 5.92 Å². The van der Waals surface area contributed by atoms with Crippen molar-refractivity contribution in [3.05, 3.63) is 0 Å². The molecule has 0 aromatic rings. The van der Waals surface area contributed by atoms with Gasteiger partial charge in [-0.15, -0.1) is 0 Å². The first-order valence-corrected chi connectivity index (χ1v) is 7.11. The van der Waals surface area contributed by atoms with E-state index in [2.05, 4.69) is 4.72 Å². The lowest BCUT2D eigenvalue weighted by molar-refractivity contribution is -0.131. The summed E-state index contributed by atoms with van der Waals surface area (Å²) in [5.41, 5.74) is 0. The highest BCUT2D eigenvalue weighted by atomic mass is 32.2. The van der Waals surface area contributed by atoms with E-state index >= 15 is 0 Å². The van der Waals surface area contributed by atoms with E-state index in [9.17, 15) is 13.2 Å². The van der Waals surface area contributed by atoms with E-state index in [1.165, 1.54) is 0 Å². The average Bonchev–Trinajstić information content (AvgIpc) is 2.85. The normalized spacial score (nSPS) is 27.0. The molecule has 1 amide bonds. The molecule has 0 aromatic heterocycles. The molecule has 1 aliphatic carbocycles. The fourth-order valence-corrected chi connectivity index (χ4v) is 2.75. The molecule has 0 bridgehead atoms. The van der Waals surface area contributed by atoms with Crippen LogP contribution in [0.5, 0.6) is 0 Å². The minimum Gasteiger partial charge on any atom is -0.341 e. The van der Waals surface area contributed by atoms with Crippen molar-refractivity contribution in [2.45, 2.75) is 25.3 Å². The number of rotatable bonds is 3. The van der Waals surface area contributed by atoms with Crippen molar-refractivity contribution in [3.8, 4) is 0 Å². The summed E-state index contributed by atoms with van der Waals surface area (Å²) in [6, 6.07) is -0.0947. The molecule has 1 saturated heterocycles. The van der Waals surface area contributed by atoms with Gasteiger partial charge in [0.25, 0.3) is 0 Å². The Kier molecular flexibility index (Phi) is 2.72. The lowest BCUT2D eigenvalue weighted by Crippen LogP contribution is -2.38. The Morgan fingerprint density at radius 3 is 2.53 bits per heavy atom. The summed E-state index contributed by atoms with van der Waals surface area (Å²) >= 11 is 0. The van der Waals surface area contributed by atoms with Crippen LogP contribution in [0.15, 0.2) is 0 Å². The number of nitrogens with one attached hydrogen (secondary N) is 1. The molecule has 1 atom stereocenters. The van der Waals surface area contributed by atoms with E-state index in [1.807, 2.05) is 0 Å². The highest BCUT2D eigenvalue weighted by Crippen LogP contribution is 2.32. The first-order valence-electron chi connectivity index (χ1n) is 5.22. The van der Waals surface area contributed by atoms with Crippen LogP contribution in [0.1, 0.15) is 19.3 Å². The molecule has 2 aliphatic rings. The van der Waals surface area contributed by atoms with Gasteiger partial charge in [-0.25, -0.2) is 13.1 Å². The summed E-state index contributed by atoms with van der Waals surface area (Å²) in [5.74, 6) is 0.426. The third kappa shape index (κ3) is 2.92. The predicted octanol–water partition coefficient (Wildman–Crippen LogP) is -0.454. The Morgan fingerprint density at radius 2 is 2.00 bits per heavy atom. The average molecular weight is 232 g/mol. The highest BCUT2D eigenvalue weighted by Gasteiger charge is 2.36. The third-order valence-electron chi connectivity index (χ3n) is 2.81. The van der Waals surface area contributed by atoms with Gasteiger partial charge in [0, 0.05) is 25.0 Å². The molecule has 2 fully saturated rings. The fourth-order valence-electron chi connectivity index (χ4n) is 1.95. The summed E-state index contributed by atoms with van der Waals surface area (Å²) in [7, 11) is -3.15. The lowest BCUT2D eigenvalue weighted by Gasteiger charge is -2.16. The predicted molar refractivity (Wildman–Crippen MR) is 55.7 cm³/mol. The molecule has 1 heterocycles. The quantitative estimate of drug-likeness (QED) is 0.716. The Labute approximate surface area is 89.9 Å². The van der Waals surface area contributed by atoms with Gasteiger partial charge in [0.1, 0.15) is 0 Å². The molecule has 6 heteroatoms. The number of nitrogens with zero attached hydrogens (tertiary/aromatic N) is 1. The Morgan fingerprint density at radius 1 is 1.33 bits per heavy atom. The van der Waals surface area contributed by atoms with Crippen molar-refractivity contribution in [2.75, 3.05) is 19.3 Å². The van der Waals surface area contributed by atoms with E-state index in [1.54, 1.807) is 4.90 Å². The van der Waals surface area contributed by atoms with Crippen LogP contribution >= 0.6 is 0 Å². The zero-order valence-corrected chi connectivity index (χ0v) is 9.59. The second-order valence-electron chi connectivity index (χ2n) is 4.43. The van der Waals surface area contributed by atoms with Crippen LogP contribution in [0.2, 0.25) is 0 Å². The molecular weight excluding hydrogens is 216 g/mol. The van der Waals surface area contributed by atoms with Crippen LogP contribution in [0, 0.1) is 5.92 Å². The van der Waals surface area contributed by atoms with Gasteiger partial charge in [0.2, 0.25) is 15.9 Å². The van der Waals surface area contributed by atoms with E-state index in [0.717, 1.165) is 25.5 Å². The number of likely N-dealkylation sites (tertiary alicyclic amines) is 1. The number of hydrogen-bond acceptors (Lipinski definition) is 3. The third-order valence-corrected chi connectivity index (χ3v) is 3.57. The summed E-state index contributed by atoms with van der Waals surface area (Å²) < 4.78 is 24.5. The van der Waals surface area contributed by atoms with Gasteiger partial charge < -0.3 is 4.90 Å². The standard InChI is InChI=1S/C9H16N2O3S/c1-15(13,14)10-8-4-5-11(6-8)9(12)7-2-3-7/h7-8,10H,2-6H2,1H3/t8-/m0/s1. The summed E-state index contributed by atoms with van der Waals surface area (Å²) in [4.78, 5) is 13.4. The van der Waals surface area contributed by atoms with Crippen LogP contribution in [-0.2, 0) is 14.8 Å². The second kappa shape index (κ2) is 3.75. The molecule has 1 saturated carbocycles. The number of carbonyl (C=O) groups is 1. The molecule has 0 aromatic carbocycles. The Bertz CT molecular complexity index is 362. The first kappa shape index (κ1) is 10.9. The molecule has 86 valence electrons. The molecule has 1 N–H and O–H groups in total. The van der Waals surface area contributed by atoms with Crippen molar-refractivity contribution in [1.29, 1.82) is 0 Å². The lowest BCUT2D eigenvalue weighted by atomic mass is 10.3. The zero-order valence-electron chi connectivity index (χ0n) is 8.77. The maximum Gasteiger partial charge on any atom is 0.225 e. The minimum atomic E-state index is -3.15. The smallest absolute Gasteiger partial charge is 0.225 e. The summed E-state index contributed by atoms with van der Waals surface area (Å²) in [6.45, 7) is 1.21. The molecule has 0 unspecified atom stereocenters. The number of hydrogen-bond donors (Lipinski definition) is 1. The number of carbonyl (C=O) groups excluding carboxylic acids is 1. The molecular formula is C9H16N2O3S. The van der Waals surface area contributed by atoms with Crippen LogP contribution in [-0.4, -0.2) is 44.6 Å². The van der Waals surface area contributed by atoms with Gasteiger partial charge in [0.05, 0.1) is 6.26 Å². The molecule has 1 aliphatic heterocycles. The molecule has 5 nitrogen and oxygen atoms in total. The van der Waals surface area contributed by atoms with Crippen LogP contribution in [0.4, 0.5) is 0 Å². The molecule has 0 radical (unpaired) electrons. The Balaban J connectivity index is 1.86. The van der Waals surface area contributed by atoms with Crippen LogP contribution in [0.25, 0.3) is 0 Å². The second-order valence-corrected chi connectivity index (χ2v) is 6.21. The van der Waals surface area contributed by atoms with Crippen molar-refractivity contribution < 1.29 is 13.2 Å². The first-order chi connectivity index (χ1) is 6.96. The largest absolute Gasteiger partial charge is 0.341 e. The van der Waals surface area contributed by atoms with Gasteiger partial charge in [-0.3, -0.25) is 4.79 Å². The topological polar surface area (TPSA) is 66.5 Å². The summed E-state index contributed by atoms with van der Waals surface area (Å²) in [6.07, 6.45) is 3.88. The van der Waals surface area contributed by atoms with Gasteiger partial charge in [-0.05, 0) is 19.3 Å². The molecule has 2 rings (SSSR count). The van der Waals surface area contributed by atoms with Gasteiger partial charge >= 0.3 is 0 Å². The van der Waals surface area contributed by atoms with Gasteiger partial charge in [-0.1, -0.05) is 0 Å². The van der Waals surface area contributed by atoms with Crippen LogP contribution in [0.3, 0.4) is 0 Å². The van der Waals surface area contributed by atoms with E-state index in [4.69, 9.17) is 0 Å². The van der Waals surface area contributed by atoms with Crippen molar-refractivity contribution in [1.82, 2.24) is 9.62 Å². The number of sulfonamides is 1. The van der Waals surface area contributed by atoms with Crippen molar-refractivity contribution >= 4 is 15.9 Å². The fraction of sp³-hybridized carbons (Fsp3) is 0.889. The van der Waals surface area contributed by atoms with E-state index < -0.39 is 10.0 Å². The molecule has 0 spiro atoms. The zero-order chi connectivity index (χ0) is 11.1. The maximum atomic E-state index is 11.7. The van der Waals surface area contributed by atoms with Crippen LogP contribution < -0.4 is 4.72 Å². The van der Waals surface area contributed by atoms with Crippen molar-refractivity contribution in [3.63, 3.8) is 0 Å². The maximum absolute atomic E-state index is 11.7. The molecule has 15 heavy (non-hydrogen) atoms. The van der Waals surface area contributed by atoms with E-state index in [0.29, 0.717) is 13.1 Å². The van der Waals surface area contributed by atoms with Gasteiger partial charge in [0.15, 0.2) is 0 Å². The Hall–Kier alpha value is -0.620. The van der Waals surface area contributed by atoms with E-state index in [-0.39, 0.29) is 17.9 Å². The highest BCUT2D eigenvalue weighted by molar-refractivity contribution is 7.88.